The Kier molecular flexibility index (Phi) is 5.23. The van der Waals surface area contributed by atoms with Crippen LogP contribution in [-0.2, 0) is 0 Å². The molecule has 1 unspecified atom stereocenters. The average molecular weight is 338 g/mol. The Morgan fingerprint density at radius 1 is 1.12 bits per heavy atom. The van der Waals surface area contributed by atoms with Gasteiger partial charge in [0.05, 0.1) is 36.9 Å². The third-order valence-corrected chi connectivity index (χ3v) is 3.52. The highest BCUT2D eigenvalue weighted by Gasteiger charge is 2.12. The van der Waals surface area contributed by atoms with Crippen molar-refractivity contribution >= 4 is 5.82 Å². The molecule has 0 aliphatic rings. The molecule has 0 spiro atoms. The number of nitrogens with one attached hydrogen (secondary N) is 1. The molecular formula is C18H22N6O. The summed E-state index contributed by atoms with van der Waals surface area (Å²) in [5.41, 5.74) is 1.79. The summed E-state index contributed by atoms with van der Waals surface area (Å²) in [7, 11) is 0. The van der Waals surface area contributed by atoms with Crippen LogP contribution in [-0.4, -0.2) is 31.6 Å². The van der Waals surface area contributed by atoms with E-state index in [1.807, 2.05) is 43.5 Å². The second-order valence-electron chi connectivity index (χ2n) is 6.24. The lowest BCUT2D eigenvalue weighted by Gasteiger charge is -2.13. The summed E-state index contributed by atoms with van der Waals surface area (Å²) in [6, 6.07) is 9.81. The largest absolute Gasteiger partial charge is 0.476 e. The molecule has 7 nitrogen and oxygen atoms in total. The average Bonchev–Trinajstić information content (AvgIpc) is 3.11. The minimum atomic E-state index is -0.0629. The van der Waals surface area contributed by atoms with E-state index in [4.69, 9.17) is 4.74 Å². The molecule has 0 aliphatic carbocycles. The first-order valence-electron chi connectivity index (χ1n) is 8.31. The molecule has 3 aromatic rings. The van der Waals surface area contributed by atoms with Gasteiger partial charge in [-0.15, -0.1) is 5.10 Å². The maximum absolute atomic E-state index is 5.61. The van der Waals surface area contributed by atoms with E-state index in [-0.39, 0.29) is 6.04 Å². The number of hydrogen-bond donors (Lipinski definition) is 1. The van der Waals surface area contributed by atoms with Crippen molar-refractivity contribution < 1.29 is 4.74 Å². The highest BCUT2D eigenvalue weighted by Crippen LogP contribution is 2.18. The molecule has 1 N–H and O–H groups in total. The smallest absolute Gasteiger partial charge is 0.234 e. The van der Waals surface area contributed by atoms with Crippen molar-refractivity contribution in [1.82, 2.24) is 25.0 Å². The Hall–Kier alpha value is -2.96. The van der Waals surface area contributed by atoms with Gasteiger partial charge in [-0.3, -0.25) is 4.98 Å². The van der Waals surface area contributed by atoms with Gasteiger partial charge in [-0.2, -0.15) is 4.98 Å². The number of para-hydroxylation sites is 1. The molecule has 0 amide bonds. The summed E-state index contributed by atoms with van der Waals surface area (Å²) in [6.07, 6.45) is 5.18. The summed E-state index contributed by atoms with van der Waals surface area (Å²) in [5, 5.41) is 11.7. The normalized spacial score (nSPS) is 12.2. The molecule has 7 heteroatoms. The second kappa shape index (κ2) is 7.74. The van der Waals surface area contributed by atoms with Crippen LogP contribution in [0.4, 0.5) is 5.82 Å². The summed E-state index contributed by atoms with van der Waals surface area (Å²) >= 11 is 0. The van der Waals surface area contributed by atoms with E-state index in [0.29, 0.717) is 24.2 Å². The highest BCUT2D eigenvalue weighted by atomic mass is 16.5. The van der Waals surface area contributed by atoms with Gasteiger partial charge in [0.1, 0.15) is 11.5 Å². The molecule has 0 aliphatic heterocycles. The SMILES string of the molecule is CC(C)COc1cncc(NC(C)c2cn(-c3ccccc3)nn2)n1. The van der Waals surface area contributed by atoms with Crippen LogP contribution in [0.3, 0.4) is 0 Å². The van der Waals surface area contributed by atoms with Crippen molar-refractivity contribution in [3.05, 3.63) is 54.6 Å². The standard InChI is InChI=1S/C18H22N6O/c1-13(2)12-25-18-10-19-9-17(21-18)20-14(3)16-11-24(23-22-16)15-7-5-4-6-8-15/h4-11,13-14H,12H2,1-3H3,(H,20,21). The van der Waals surface area contributed by atoms with Crippen molar-refractivity contribution in [2.45, 2.75) is 26.8 Å². The molecule has 0 saturated carbocycles. The topological polar surface area (TPSA) is 77.8 Å². The molecule has 1 aromatic carbocycles. The molecule has 0 fully saturated rings. The summed E-state index contributed by atoms with van der Waals surface area (Å²) in [5.74, 6) is 1.59. The number of hydrogen-bond acceptors (Lipinski definition) is 6. The minimum Gasteiger partial charge on any atom is -0.476 e. The Morgan fingerprint density at radius 3 is 2.68 bits per heavy atom. The quantitative estimate of drug-likeness (QED) is 0.712. The van der Waals surface area contributed by atoms with Gasteiger partial charge in [-0.25, -0.2) is 4.68 Å². The molecule has 2 aromatic heterocycles. The van der Waals surface area contributed by atoms with Gasteiger partial charge >= 0.3 is 0 Å². The van der Waals surface area contributed by atoms with E-state index in [1.54, 1.807) is 17.1 Å². The fourth-order valence-corrected chi connectivity index (χ4v) is 2.22. The maximum atomic E-state index is 5.61. The third-order valence-electron chi connectivity index (χ3n) is 3.52. The first-order valence-corrected chi connectivity index (χ1v) is 8.31. The summed E-state index contributed by atoms with van der Waals surface area (Å²) < 4.78 is 7.36. The Balaban J connectivity index is 1.67. The maximum Gasteiger partial charge on any atom is 0.234 e. The Labute approximate surface area is 147 Å². The number of nitrogens with zero attached hydrogens (tertiary/aromatic N) is 5. The summed E-state index contributed by atoms with van der Waals surface area (Å²) in [4.78, 5) is 8.60. The third kappa shape index (κ3) is 4.53. The fourth-order valence-electron chi connectivity index (χ4n) is 2.22. The van der Waals surface area contributed by atoms with Gasteiger partial charge in [0, 0.05) is 0 Å². The van der Waals surface area contributed by atoms with Gasteiger partial charge in [0.25, 0.3) is 0 Å². The van der Waals surface area contributed by atoms with Gasteiger partial charge in [-0.1, -0.05) is 37.3 Å². The van der Waals surface area contributed by atoms with Crippen molar-refractivity contribution in [3.63, 3.8) is 0 Å². The Morgan fingerprint density at radius 2 is 1.92 bits per heavy atom. The van der Waals surface area contributed by atoms with Crippen LogP contribution in [0.25, 0.3) is 5.69 Å². The van der Waals surface area contributed by atoms with E-state index < -0.39 is 0 Å². The molecule has 0 radical (unpaired) electrons. The predicted octanol–water partition coefficient (Wildman–Crippen LogP) is 3.27. The van der Waals surface area contributed by atoms with Crippen molar-refractivity contribution in [3.8, 4) is 11.6 Å². The van der Waals surface area contributed by atoms with Gasteiger partial charge in [0.2, 0.25) is 5.88 Å². The molecule has 2 heterocycles. The van der Waals surface area contributed by atoms with Crippen LogP contribution < -0.4 is 10.1 Å². The number of ether oxygens (including phenoxy) is 1. The zero-order chi connectivity index (χ0) is 17.6. The molecular weight excluding hydrogens is 316 g/mol. The van der Waals surface area contributed by atoms with Gasteiger partial charge in [0.15, 0.2) is 0 Å². The monoisotopic (exact) mass is 338 g/mol. The van der Waals surface area contributed by atoms with Crippen molar-refractivity contribution in [2.75, 3.05) is 11.9 Å². The molecule has 0 bridgehead atoms. The first-order chi connectivity index (χ1) is 12.1. The highest BCUT2D eigenvalue weighted by molar-refractivity contribution is 5.36. The molecule has 1 atom stereocenters. The van der Waals surface area contributed by atoms with Crippen LogP contribution in [0.5, 0.6) is 5.88 Å². The predicted molar refractivity (Wildman–Crippen MR) is 95.8 cm³/mol. The minimum absolute atomic E-state index is 0.0629. The summed E-state index contributed by atoms with van der Waals surface area (Å²) in [6.45, 7) is 6.79. The van der Waals surface area contributed by atoms with E-state index in [1.165, 1.54) is 0 Å². The van der Waals surface area contributed by atoms with Crippen LogP contribution in [0.2, 0.25) is 0 Å². The molecule has 130 valence electrons. The van der Waals surface area contributed by atoms with E-state index in [2.05, 4.69) is 39.4 Å². The molecule has 25 heavy (non-hydrogen) atoms. The number of benzene rings is 1. The van der Waals surface area contributed by atoms with E-state index >= 15 is 0 Å². The first kappa shape index (κ1) is 16.9. The molecule has 0 saturated heterocycles. The van der Waals surface area contributed by atoms with Crippen LogP contribution >= 0.6 is 0 Å². The number of anilines is 1. The van der Waals surface area contributed by atoms with E-state index in [9.17, 15) is 0 Å². The number of aromatic nitrogens is 5. The van der Waals surface area contributed by atoms with Gasteiger partial charge in [-0.05, 0) is 25.0 Å². The fraction of sp³-hybridized carbons (Fsp3) is 0.333. The molecule has 3 rings (SSSR count). The van der Waals surface area contributed by atoms with Crippen molar-refractivity contribution in [2.24, 2.45) is 5.92 Å². The zero-order valence-corrected chi connectivity index (χ0v) is 14.6. The van der Waals surface area contributed by atoms with Crippen molar-refractivity contribution in [1.29, 1.82) is 0 Å². The van der Waals surface area contributed by atoms with Crippen LogP contribution in [0.1, 0.15) is 32.5 Å². The van der Waals surface area contributed by atoms with Crippen LogP contribution in [0.15, 0.2) is 48.9 Å². The Bertz CT molecular complexity index is 802. The lowest BCUT2D eigenvalue weighted by molar-refractivity contribution is 0.260. The van der Waals surface area contributed by atoms with Gasteiger partial charge < -0.3 is 10.1 Å². The van der Waals surface area contributed by atoms with Crippen LogP contribution in [0, 0.1) is 5.92 Å². The number of rotatable bonds is 7. The van der Waals surface area contributed by atoms with E-state index in [0.717, 1.165) is 11.4 Å². The zero-order valence-electron chi connectivity index (χ0n) is 14.6. The lowest BCUT2D eigenvalue weighted by atomic mass is 10.2. The second-order valence-corrected chi connectivity index (χ2v) is 6.24. The lowest BCUT2D eigenvalue weighted by Crippen LogP contribution is -2.10.